The average molecular weight is 378 g/mol. The largest absolute Gasteiger partial charge is 0.379 e. The van der Waals surface area contributed by atoms with Gasteiger partial charge in [-0.05, 0) is 22.5 Å². The molecule has 1 aromatic carbocycles. The van der Waals surface area contributed by atoms with E-state index in [1.807, 2.05) is 18.2 Å². The highest BCUT2D eigenvalue weighted by Gasteiger charge is 1.93. The summed E-state index contributed by atoms with van der Waals surface area (Å²) in [4.78, 5) is 0. The van der Waals surface area contributed by atoms with Crippen LogP contribution in [0.15, 0.2) is 30.3 Å². The molecule has 0 spiro atoms. The second-order valence-corrected chi connectivity index (χ2v) is 7.45. The lowest BCUT2D eigenvalue weighted by atomic mass is 10.2. The number of hydrogen-bond acceptors (Lipinski definition) is 2. The molecule has 0 aliphatic rings. The lowest BCUT2D eigenvalue weighted by molar-refractivity contribution is 0.0453. The maximum absolute atomic E-state index is 5.56. The molecule has 0 aliphatic heterocycles. The van der Waals surface area contributed by atoms with Gasteiger partial charge in [0.2, 0.25) is 0 Å². The van der Waals surface area contributed by atoms with Crippen LogP contribution in [-0.4, -0.2) is 33.8 Å². The number of hydrogen-bond donors (Lipinski definition) is 0. The molecule has 18 heavy (non-hydrogen) atoms. The standard InChI is InChI=1S/C14H23IO2Si/c15-7-4-11-18-12-10-16-8-9-17-13-14-5-2-1-3-6-14/h1-3,5-6H,4,7-13,18H2. The van der Waals surface area contributed by atoms with Crippen molar-refractivity contribution in [2.24, 2.45) is 0 Å². The second-order valence-electron chi connectivity index (χ2n) is 4.25. The molecule has 0 heterocycles. The van der Waals surface area contributed by atoms with Crippen LogP contribution in [0.4, 0.5) is 0 Å². The molecule has 2 nitrogen and oxygen atoms in total. The zero-order valence-corrected chi connectivity index (χ0v) is 14.5. The summed E-state index contributed by atoms with van der Waals surface area (Å²) < 4.78 is 12.4. The second kappa shape index (κ2) is 12.1. The van der Waals surface area contributed by atoms with Crippen LogP contribution in [0.25, 0.3) is 0 Å². The summed E-state index contributed by atoms with van der Waals surface area (Å²) in [5.41, 5.74) is 1.23. The molecule has 0 saturated carbocycles. The van der Waals surface area contributed by atoms with Crippen molar-refractivity contribution >= 4 is 32.1 Å². The van der Waals surface area contributed by atoms with E-state index in [9.17, 15) is 0 Å². The Hall–Kier alpha value is 0.0869. The SMILES string of the molecule is ICCC[SiH2]CCOCCOCc1ccccc1. The summed E-state index contributed by atoms with van der Waals surface area (Å²) in [5, 5.41) is 0. The number of ether oxygens (including phenoxy) is 2. The normalized spacial score (nSPS) is 11.4. The number of halogens is 1. The van der Waals surface area contributed by atoms with Crippen LogP contribution < -0.4 is 0 Å². The van der Waals surface area contributed by atoms with Gasteiger partial charge in [-0.1, -0.05) is 59.0 Å². The molecule has 0 bridgehead atoms. The highest BCUT2D eigenvalue weighted by molar-refractivity contribution is 14.1. The van der Waals surface area contributed by atoms with Crippen LogP contribution >= 0.6 is 22.6 Å². The van der Waals surface area contributed by atoms with Crippen molar-refractivity contribution in [1.29, 1.82) is 0 Å². The van der Waals surface area contributed by atoms with E-state index in [1.54, 1.807) is 0 Å². The molecule has 0 amide bonds. The monoisotopic (exact) mass is 378 g/mol. The van der Waals surface area contributed by atoms with Gasteiger partial charge >= 0.3 is 0 Å². The summed E-state index contributed by atoms with van der Waals surface area (Å²) in [6.45, 7) is 3.05. The van der Waals surface area contributed by atoms with E-state index in [4.69, 9.17) is 9.47 Å². The van der Waals surface area contributed by atoms with E-state index in [1.165, 1.54) is 28.5 Å². The fraction of sp³-hybridized carbons (Fsp3) is 0.571. The van der Waals surface area contributed by atoms with E-state index < -0.39 is 0 Å². The predicted molar refractivity (Wildman–Crippen MR) is 88.6 cm³/mol. The molecule has 102 valence electrons. The molecular formula is C14H23IO2Si. The average Bonchev–Trinajstić information content (AvgIpc) is 2.42. The summed E-state index contributed by atoms with van der Waals surface area (Å²) >= 11 is 2.45. The van der Waals surface area contributed by atoms with Gasteiger partial charge in [0.15, 0.2) is 0 Å². The third-order valence-electron chi connectivity index (χ3n) is 2.66. The summed E-state index contributed by atoms with van der Waals surface area (Å²) in [6, 6.07) is 13.0. The third-order valence-corrected chi connectivity index (χ3v) is 5.21. The maximum atomic E-state index is 5.56. The Morgan fingerprint density at radius 2 is 1.72 bits per heavy atom. The summed E-state index contributed by atoms with van der Waals surface area (Å²) in [5.74, 6) is 0. The number of rotatable bonds is 11. The lowest BCUT2D eigenvalue weighted by Crippen LogP contribution is -2.06. The molecule has 0 fully saturated rings. The van der Waals surface area contributed by atoms with Crippen LogP contribution in [0.3, 0.4) is 0 Å². The molecule has 1 aromatic rings. The first-order valence-corrected chi connectivity index (χ1v) is 10.2. The summed E-state index contributed by atoms with van der Waals surface area (Å²) in [7, 11) is 0.148. The Balaban J connectivity index is 1.82. The van der Waals surface area contributed by atoms with Gasteiger partial charge in [-0.3, -0.25) is 0 Å². The van der Waals surface area contributed by atoms with E-state index in [0.29, 0.717) is 13.2 Å². The van der Waals surface area contributed by atoms with Crippen LogP contribution in [0, 0.1) is 0 Å². The van der Waals surface area contributed by atoms with Crippen LogP contribution in [0.5, 0.6) is 0 Å². The molecule has 0 N–H and O–H groups in total. The predicted octanol–water partition coefficient (Wildman–Crippen LogP) is 3.05. The molecular weight excluding hydrogens is 355 g/mol. The van der Waals surface area contributed by atoms with E-state index >= 15 is 0 Å². The molecule has 0 saturated heterocycles. The highest BCUT2D eigenvalue weighted by Crippen LogP contribution is 2.00. The fourth-order valence-corrected chi connectivity index (χ4v) is 4.56. The van der Waals surface area contributed by atoms with Gasteiger partial charge in [0, 0.05) is 16.1 Å². The Kier molecular flexibility index (Phi) is 10.9. The van der Waals surface area contributed by atoms with Crippen LogP contribution in [0.1, 0.15) is 12.0 Å². The topological polar surface area (TPSA) is 18.5 Å². The molecule has 0 atom stereocenters. The van der Waals surface area contributed by atoms with E-state index in [-0.39, 0.29) is 9.52 Å². The molecule has 0 radical (unpaired) electrons. The van der Waals surface area contributed by atoms with Gasteiger partial charge in [0.25, 0.3) is 0 Å². The molecule has 0 aromatic heterocycles. The van der Waals surface area contributed by atoms with Crippen molar-refractivity contribution in [2.75, 3.05) is 24.2 Å². The Morgan fingerprint density at radius 3 is 2.50 bits per heavy atom. The van der Waals surface area contributed by atoms with Crippen molar-refractivity contribution in [3.63, 3.8) is 0 Å². The zero-order valence-electron chi connectivity index (χ0n) is 10.9. The Labute approximate surface area is 126 Å². The number of alkyl halides is 1. The minimum absolute atomic E-state index is 0.148. The van der Waals surface area contributed by atoms with Gasteiger partial charge in [-0.15, -0.1) is 0 Å². The van der Waals surface area contributed by atoms with Crippen molar-refractivity contribution in [2.45, 2.75) is 25.1 Å². The van der Waals surface area contributed by atoms with Gasteiger partial charge in [0.1, 0.15) is 0 Å². The molecule has 0 aliphatic carbocycles. The van der Waals surface area contributed by atoms with Crippen LogP contribution in [-0.2, 0) is 16.1 Å². The van der Waals surface area contributed by atoms with Crippen molar-refractivity contribution in [1.82, 2.24) is 0 Å². The van der Waals surface area contributed by atoms with Crippen LogP contribution in [0.2, 0.25) is 12.1 Å². The first-order valence-electron chi connectivity index (χ1n) is 6.69. The van der Waals surface area contributed by atoms with Gasteiger partial charge in [0.05, 0.1) is 19.8 Å². The fourth-order valence-electron chi connectivity index (χ4n) is 1.64. The number of benzene rings is 1. The Morgan fingerprint density at radius 1 is 0.944 bits per heavy atom. The first-order chi connectivity index (χ1) is 8.93. The van der Waals surface area contributed by atoms with E-state index in [0.717, 1.165) is 13.2 Å². The summed E-state index contributed by atoms with van der Waals surface area (Å²) in [6.07, 6.45) is 1.40. The smallest absolute Gasteiger partial charge is 0.0718 e. The van der Waals surface area contributed by atoms with Gasteiger partial charge in [-0.2, -0.15) is 0 Å². The highest BCUT2D eigenvalue weighted by atomic mass is 127. The van der Waals surface area contributed by atoms with Gasteiger partial charge in [-0.25, -0.2) is 0 Å². The molecule has 0 unspecified atom stereocenters. The lowest BCUT2D eigenvalue weighted by Gasteiger charge is -2.05. The quantitative estimate of drug-likeness (QED) is 0.255. The van der Waals surface area contributed by atoms with Crippen molar-refractivity contribution in [3.8, 4) is 0 Å². The minimum Gasteiger partial charge on any atom is -0.379 e. The van der Waals surface area contributed by atoms with Crippen molar-refractivity contribution < 1.29 is 9.47 Å². The van der Waals surface area contributed by atoms with E-state index in [2.05, 4.69) is 34.7 Å². The maximum Gasteiger partial charge on any atom is 0.0718 e. The molecule has 1 rings (SSSR count). The molecule has 4 heteroatoms. The minimum atomic E-state index is 0.148. The van der Waals surface area contributed by atoms with Gasteiger partial charge < -0.3 is 9.47 Å². The third kappa shape index (κ3) is 9.07. The Bertz CT molecular complexity index is 282. The van der Waals surface area contributed by atoms with Crippen molar-refractivity contribution in [3.05, 3.63) is 35.9 Å². The zero-order chi connectivity index (χ0) is 12.9. The first kappa shape index (κ1) is 16.1.